The van der Waals surface area contributed by atoms with Crippen molar-refractivity contribution in [3.63, 3.8) is 0 Å². The summed E-state index contributed by atoms with van der Waals surface area (Å²) in [6.45, 7) is 0. The maximum atomic E-state index is 13.1. The summed E-state index contributed by atoms with van der Waals surface area (Å²) in [7, 11) is 1.33. The van der Waals surface area contributed by atoms with Crippen molar-refractivity contribution in [3.8, 4) is 11.8 Å². The second-order valence-electron chi connectivity index (χ2n) is 2.05. The van der Waals surface area contributed by atoms with Crippen LogP contribution < -0.4 is 4.74 Å². The highest BCUT2D eigenvalue weighted by atomic mass is 79.9. The number of nitrogens with zero attached hydrogens (tertiary/aromatic N) is 1. The molecule has 0 aliphatic carbocycles. The van der Waals surface area contributed by atoms with E-state index in [1.165, 1.54) is 19.2 Å². The molecule has 0 spiro atoms. The first-order valence-electron chi connectivity index (χ1n) is 3.12. The van der Waals surface area contributed by atoms with Crippen molar-refractivity contribution < 1.29 is 9.13 Å². The average molecular weight is 230 g/mol. The van der Waals surface area contributed by atoms with Gasteiger partial charge in [0.15, 0.2) is 11.6 Å². The van der Waals surface area contributed by atoms with Gasteiger partial charge in [-0.1, -0.05) is 0 Å². The van der Waals surface area contributed by atoms with Gasteiger partial charge in [-0.15, -0.1) is 0 Å². The summed E-state index contributed by atoms with van der Waals surface area (Å²) in [5, 5.41) is 8.55. The maximum absolute atomic E-state index is 13.1. The van der Waals surface area contributed by atoms with E-state index in [2.05, 4.69) is 15.9 Å². The summed E-state index contributed by atoms with van der Waals surface area (Å²) in [4.78, 5) is 0. The lowest BCUT2D eigenvalue weighted by Gasteiger charge is -2.04. The fourth-order valence-electron chi connectivity index (χ4n) is 0.820. The minimum absolute atomic E-state index is 0.0214. The summed E-state index contributed by atoms with van der Waals surface area (Å²) in [6.07, 6.45) is 0. The molecule has 2 nitrogen and oxygen atoms in total. The largest absolute Gasteiger partial charge is 0.492 e. The van der Waals surface area contributed by atoms with Gasteiger partial charge in [0.2, 0.25) is 0 Å². The Kier molecular flexibility index (Phi) is 2.66. The molecule has 0 atom stereocenters. The first-order valence-corrected chi connectivity index (χ1v) is 3.92. The van der Waals surface area contributed by atoms with Gasteiger partial charge in [-0.2, -0.15) is 5.26 Å². The lowest BCUT2D eigenvalue weighted by Crippen LogP contribution is -1.92. The number of ether oxygens (including phenoxy) is 1. The van der Waals surface area contributed by atoms with Gasteiger partial charge < -0.3 is 4.74 Å². The van der Waals surface area contributed by atoms with E-state index in [1.54, 1.807) is 0 Å². The number of nitriles is 1. The van der Waals surface area contributed by atoms with Gasteiger partial charge >= 0.3 is 0 Å². The van der Waals surface area contributed by atoms with Gasteiger partial charge in [0, 0.05) is 0 Å². The molecule has 0 saturated carbocycles. The van der Waals surface area contributed by atoms with Crippen LogP contribution in [0.4, 0.5) is 4.39 Å². The molecule has 0 N–H and O–H groups in total. The third-order valence-electron chi connectivity index (χ3n) is 1.37. The molecule has 4 heteroatoms. The van der Waals surface area contributed by atoms with Crippen molar-refractivity contribution in [1.29, 1.82) is 5.26 Å². The minimum atomic E-state index is -0.545. The third kappa shape index (κ3) is 1.41. The van der Waals surface area contributed by atoms with Crippen LogP contribution in [0.2, 0.25) is 0 Å². The van der Waals surface area contributed by atoms with Gasteiger partial charge in [-0.05, 0) is 28.1 Å². The lowest BCUT2D eigenvalue weighted by atomic mass is 10.2. The van der Waals surface area contributed by atoms with E-state index in [4.69, 9.17) is 10.00 Å². The van der Waals surface area contributed by atoms with Crippen LogP contribution in [0.5, 0.6) is 5.75 Å². The predicted molar refractivity (Wildman–Crippen MR) is 45.4 cm³/mol. The molecule has 0 bridgehead atoms. The quantitative estimate of drug-likeness (QED) is 0.742. The van der Waals surface area contributed by atoms with Crippen molar-refractivity contribution in [1.82, 2.24) is 0 Å². The smallest absolute Gasteiger partial charge is 0.180 e. The molecule has 0 fully saturated rings. The SMILES string of the molecule is COc1c(C#N)ccc(Br)c1F. The molecule has 0 aliphatic heterocycles. The van der Waals surface area contributed by atoms with Crippen LogP contribution in [0.3, 0.4) is 0 Å². The molecule has 0 unspecified atom stereocenters. The van der Waals surface area contributed by atoms with E-state index in [1.807, 2.05) is 6.07 Å². The van der Waals surface area contributed by atoms with Gasteiger partial charge in [-0.25, -0.2) is 4.39 Å². The first-order chi connectivity index (χ1) is 5.70. The first kappa shape index (κ1) is 9.01. The van der Waals surface area contributed by atoms with Crippen LogP contribution in [0.25, 0.3) is 0 Å². The Labute approximate surface area is 77.7 Å². The Balaban J connectivity index is 3.38. The number of hydrogen-bond acceptors (Lipinski definition) is 2. The van der Waals surface area contributed by atoms with Crippen LogP contribution in [0.1, 0.15) is 5.56 Å². The van der Waals surface area contributed by atoms with Crippen LogP contribution in [0.15, 0.2) is 16.6 Å². The summed E-state index contributed by atoms with van der Waals surface area (Å²) >= 11 is 2.99. The standard InChI is InChI=1S/C8H5BrFNO/c1-12-8-5(4-11)2-3-6(9)7(8)10/h2-3H,1H3. The van der Waals surface area contributed by atoms with Gasteiger partial charge in [0.05, 0.1) is 17.1 Å². The second kappa shape index (κ2) is 3.55. The summed E-state index contributed by atoms with van der Waals surface area (Å²) in [5.41, 5.74) is 0.193. The van der Waals surface area contributed by atoms with Gasteiger partial charge in [-0.3, -0.25) is 0 Å². The third-order valence-corrected chi connectivity index (χ3v) is 1.99. The molecule has 0 amide bonds. The molecule has 1 aromatic carbocycles. The van der Waals surface area contributed by atoms with E-state index in [0.29, 0.717) is 4.47 Å². The topological polar surface area (TPSA) is 33.0 Å². The number of methoxy groups -OCH3 is 1. The van der Waals surface area contributed by atoms with Gasteiger partial charge in [0.25, 0.3) is 0 Å². The van der Waals surface area contributed by atoms with Crippen molar-refractivity contribution in [2.75, 3.05) is 7.11 Å². The summed E-state index contributed by atoms with van der Waals surface area (Å²) in [5.74, 6) is -0.566. The van der Waals surface area contributed by atoms with E-state index < -0.39 is 5.82 Å². The number of benzene rings is 1. The lowest BCUT2D eigenvalue weighted by molar-refractivity contribution is 0.384. The van der Waals surface area contributed by atoms with Crippen LogP contribution >= 0.6 is 15.9 Å². The maximum Gasteiger partial charge on any atom is 0.180 e. The highest BCUT2D eigenvalue weighted by molar-refractivity contribution is 9.10. The molecule has 1 aromatic rings. The van der Waals surface area contributed by atoms with E-state index in [0.717, 1.165) is 0 Å². The predicted octanol–water partition coefficient (Wildman–Crippen LogP) is 2.47. The molecule has 62 valence electrons. The number of rotatable bonds is 1. The second-order valence-corrected chi connectivity index (χ2v) is 2.91. The monoisotopic (exact) mass is 229 g/mol. The molecular formula is C8H5BrFNO. The highest BCUT2D eigenvalue weighted by Gasteiger charge is 2.11. The fraction of sp³-hybridized carbons (Fsp3) is 0.125. The molecule has 0 aromatic heterocycles. The zero-order valence-corrected chi connectivity index (χ0v) is 7.85. The normalized spacial score (nSPS) is 9.17. The average Bonchev–Trinajstić information content (AvgIpc) is 2.09. The molecule has 1 rings (SSSR count). The Morgan fingerprint density at radius 1 is 1.58 bits per heavy atom. The Hall–Kier alpha value is -1.08. The van der Waals surface area contributed by atoms with Crippen LogP contribution in [-0.4, -0.2) is 7.11 Å². The van der Waals surface area contributed by atoms with E-state index >= 15 is 0 Å². The van der Waals surface area contributed by atoms with E-state index in [9.17, 15) is 4.39 Å². The Bertz CT molecular complexity index is 346. The highest BCUT2D eigenvalue weighted by Crippen LogP contribution is 2.27. The molecule has 0 aliphatic rings. The van der Waals surface area contributed by atoms with Gasteiger partial charge in [0.1, 0.15) is 6.07 Å². The zero-order valence-electron chi connectivity index (χ0n) is 6.27. The van der Waals surface area contributed by atoms with E-state index in [-0.39, 0.29) is 11.3 Å². The molecule has 12 heavy (non-hydrogen) atoms. The summed E-state index contributed by atoms with van der Waals surface area (Å²) in [6, 6.07) is 4.79. The Morgan fingerprint density at radius 2 is 2.25 bits per heavy atom. The fourth-order valence-corrected chi connectivity index (χ4v) is 1.13. The zero-order chi connectivity index (χ0) is 9.14. The van der Waals surface area contributed by atoms with Crippen molar-refractivity contribution in [2.45, 2.75) is 0 Å². The van der Waals surface area contributed by atoms with Crippen LogP contribution in [-0.2, 0) is 0 Å². The van der Waals surface area contributed by atoms with Crippen molar-refractivity contribution >= 4 is 15.9 Å². The molecule has 0 heterocycles. The van der Waals surface area contributed by atoms with Crippen molar-refractivity contribution in [3.05, 3.63) is 28.0 Å². The minimum Gasteiger partial charge on any atom is -0.492 e. The number of halogens is 2. The molecular weight excluding hydrogens is 225 g/mol. The van der Waals surface area contributed by atoms with Crippen molar-refractivity contribution in [2.24, 2.45) is 0 Å². The molecule has 0 saturated heterocycles. The Morgan fingerprint density at radius 3 is 2.75 bits per heavy atom. The summed E-state index contributed by atoms with van der Waals surface area (Å²) < 4.78 is 18.1. The van der Waals surface area contributed by atoms with Crippen LogP contribution in [0, 0.1) is 17.1 Å². The molecule has 0 radical (unpaired) electrons. The number of hydrogen-bond donors (Lipinski definition) is 0.